The Morgan fingerprint density at radius 2 is 0.744 bits per heavy atom. The van der Waals surface area contributed by atoms with Crippen LogP contribution in [0.3, 0.4) is 0 Å². The molecule has 644 valence electrons. The highest BCUT2D eigenvalue weighted by atomic mass is 79.9. The molecule has 28 heteroatoms. The van der Waals surface area contributed by atoms with Crippen molar-refractivity contribution in [2.24, 2.45) is 5.73 Å². The van der Waals surface area contributed by atoms with Gasteiger partial charge in [0.1, 0.15) is 70.7 Å². The molecular formula is C93H114BrClN12O12S2. The number of nitrogens with zero attached hydrogens (tertiary/aromatic N) is 8. The van der Waals surface area contributed by atoms with E-state index >= 15 is 0 Å². The van der Waals surface area contributed by atoms with Crippen LogP contribution >= 0.6 is 38.8 Å². The fourth-order valence-corrected chi connectivity index (χ4v) is 13.6. The summed E-state index contributed by atoms with van der Waals surface area (Å²) < 4.78 is 69.1. The van der Waals surface area contributed by atoms with E-state index in [-0.39, 0.29) is 28.0 Å². The lowest BCUT2D eigenvalue weighted by atomic mass is 10.1. The maximum absolute atomic E-state index is 12.1. The van der Waals surface area contributed by atoms with Crippen molar-refractivity contribution in [3.05, 3.63) is 197 Å². The average molecular weight is 1770 g/mol. The summed E-state index contributed by atoms with van der Waals surface area (Å²) in [5.74, 6) is 3.30. The number of benzene rings is 8. The molecule has 0 saturated heterocycles. The van der Waals surface area contributed by atoms with Gasteiger partial charge in [-0.2, -0.15) is 21.0 Å². The second kappa shape index (κ2) is 47.9. The Kier molecular flexibility index (Phi) is 40.2. The van der Waals surface area contributed by atoms with Gasteiger partial charge in [0.25, 0.3) is 0 Å². The zero-order valence-electron chi connectivity index (χ0n) is 69.4. The van der Waals surface area contributed by atoms with Gasteiger partial charge in [-0.25, -0.2) is 22.9 Å². The van der Waals surface area contributed by atoms with Crippen LogP contribution in [0, 0.1) is 45.3 Å². The van der Waals surface area contributed by atoms with Gasteiger partial charge in [0.2, 0.25) is 9.05 Å². The van der Waals surface area contributed by atoms with E-state index in [0.717, 1.165) is 159 Å². The van der Waals surface area contributed by atoms with E-state index in [1.54, 1.807) is 26.8 Å². The number of carbonyl (C=O) groups is 2. The molecule has 24 nitrogen and oxygen atoms in total. The molecule has 0 fully saturated rings. The van der Waals surface area contributed by atoms with Crippen molar-refractivity contribution >= 4 is 121 Å². The fraction of sp³-hybridized carbons (Fsp3) is 0.333. The SMILES string of the molecule is C.C.C.CC(C)(C)OC(N)=O.CCOOSNc1ccc2c(C#N)c(-c3ccc(OCC)cc3)n(CC)c2c1.CCOc1ccc(-c2c(C#N)c3ccc(Br)cc3n2CC)cc1.CCOc1ccc(-c2c(C#N)c3ccc(N)cc3n2CC)cc1.CCOc1ccc(-c2c(C#N)c3ccc(NC(=O)OC(C)(C)C)cc3n2CC)cc1.CCS(=O)(=O)Cl. The molecule has 4 heterocycles. The minimum absolute atomic E-state index is 0. The number of nitrogens with two attached hydrogens (primary N) is 2. The highest BCUT2D eigenvalue weighted by Gasteiger charge is 2.25. The first-order valence-corrected chi connectivity index (χ1v) is 42.6. The topological polar surface area (TPSA) is 333 Å². The highest BCUT2D eigenvalue weighted by Crippen LogP contribution is 2.41. The molecule has 8 aromatic carbocycles. The van der Waals surface area contributed by atoms with Crippen molar-refractivity contribution in [2.45, 2.75) is 170 Å². The van der Waals surface area contributed by atoms with Crippen molar-refractivity contribution in [3.63, 3.8) is 0 Å². The number of anilines is 3. The minimum atomic E-state index is -3.19. The number of hydrogen-bond acceptors (Lipinski definition) is 19. The molecule has 12 rings (SSSR count). The number of nitrogen functional groups attached to an aromatic ring is 1. The van der Waals surface area contributed by atoms with Gasteiger partial charge in [-0.05, 0) is 290 Å². The molecule has 0 spiro atoms. The van der Waals surface area contributed by atoms with Crippen LogP contribution in [0.4, 0.5) is 26.7 Å². The van der Waals surface area contributed by atoms with Gasteiger partial charge < -0.3 is 62.9 Å². The van der Waals surface area contributed by atoms with Crippen LogP contribution in [0.2, 0.25) is 0 Å². The summed E-state index contributed by atoms with van der Waals surface area (Å²) in [5.41, 5.74) is 26.0. The van der Waals surface area contributed by atoms with Crippen LogP contribution in [0.1, 0.15) is 155 Å². The maximum Gasteiger partial charge on any atom is 0.412 e. The number of nitriles is 4. The van der Waals surface area contributed by atoms with Gasteiger partial charge in [-0.1, -0.05) is 51.2 Å². The van der Waals surface area contributed by atoms with E-state index in [2.05, 4.69) is 111 Å². The first-order chi connectivity index (χ1) is 56.4. The molecule has 0 radical (unpaired) electrons. The van der Waals surface area contributed by atoms with Gasteiger partial charge >= 0.3 is 12.2 Å². The van der Waals surface area contributed by atoms with E-state index in [9.17, 15) is 39.1 Å². The number of aryl methyl sites for hydroxylation is 4. The van der Waals surface area contributed by atoms with Crippen LogP contribution in [-0.4, -0.2) is 88.9 Å². The lowest BCUT2D eigenvalue weighted by molar-refractivity contribution is -0.185. The van der Waals surface area contributed by atoms with E-state index in [0.29, 0.717) is 67.6 Å². The van der Waals surface area contributed by atoms with Gasteiger partial charge in [0, 0.05) is 79.9 Å². The molecule has 0 aliphatic heterocycles. The average Bonchev–Trinajstić information content (AvgIpc) is 1.63. The number of halogens is 2. The number of rotatable bonds is 23. The summed E-state index contributed by atoms with van der Waals surface area (Å²) in [5, 5.41) is 45.6. The van der Waals surface area contributed by atoms with E-state index in [1.807, 2.05) is 220 Å². The molecule has 0 aliphatic carbocycles. The quantitative estimate of drug-likeness (QED) is 0.00879. The summed E-state index contributed by atoms with van der Waals surface area (Å²) in [4.78, 5) is 27.0. The smallest absolute Gasteiger partial charge is 0.412 e. The lowest BCUT2D eigenvalue weighted by Gasteiger charge is -2.19. The van der Waals surface area contributed by atoms with Gasteiger partial charge in [-0.3, -0.25) is 5.32 Å². The first kappa shape index (κ1) is 102. The molecule has 4 aromatic heterocycles. The van der Waals surface area contributed by atoms with Crippen molar-refractivity contribution in [1.82, 2.24) is 18.3 Å². The molecule has 2 amide bonds. The van der Waals surface area contributed by atoms with Crippen molar-refractivity contribution < 1.29 is 55.6 Å². The Bertz CT molecular complexity index is 5560. The van der Waals surface area contributed by atoms with Crippen LogP contribution < -0.4 is 40.5 Å². The highest BCUT2D eigenvalue weighted by molar-refractivity contribution is 9.10. The standard InChI is InChI=1S/C24H27N3O3.C21H23N3O3S.C19H17BrN2O.C19H19N3O.C5H11NO2.C2H5ClO2S.3CH4/c1-6-27-21-14-17(26-23(28)30-24(3,4)5)10-13-19(21)20(15-25)22(27)16-8-11-18(12-9-16)29-7-2;1-4-24-20-13-16(23-28-27-26-6-3)9-12-18(20)19(14-22)21(24)15-7-10-17(11-8-15)25-5-2;1-3-22-18-11-14(20)7-10-16(18)17(12-21)19(22)13-5-8-15(9-6-13)23-4-2;1-3-22-18-11-14(21)7-10-16(18)17(12-20)19(22)13-5-8-15(9-6-13)23-4-2;1-5(2,3)8-4(6)7;1-2-6(3,4)5;;;/h8-14H,6-7H2,1-5H3,(H,26,28);7-13,23H,4-6H2,1-3H3;5-11H,3-4H2,1-2H3;5-11H,3-4,21H2,1-2H3;1-3H3,(H2,6,7);2H2,1H3;3*1H4. The van der Waals surface area contributed by atoms with Crippen LogP contribution in [0.25, 0.3) is 88.6 Å². The first-order valence-electron chi connectivity index (χ1n) is 38.6. The summed E-state index contributed by atoms with van der Waals surface area (Å²) in [6.45, 7) is 36.2. The Hall–Kier alpha value is -11.8. The largest absolute Gasteiger partial charge is 0.494 e. The fourth-order valence-electron chi connectivity index (χ4n) is 12.9. The monoisotopic (exact) mass is 1770 g/mol. The number of amides is 2. The molecule has 0 aliphatic rings. The number of nitrogens with one attached hydrogen (secondary N) is 2. The molecule has 12 aromatic rings. The molecular weight excluding hydrogens is 1660 g/mol. The zero-order chi connectivity index (χ0) is 86.6. The number of fused-ring (bicyclic) bond motifs is 4. The molecule has 0 saturated carbocycles. The summed E-state index contributed by atoms with van der Waals surface area (Å²) in [6, 6.07) is 64.1. The third-order valence-corrected chi connectivity index (χ3v) is 19.8. The number of hydrogen-bond donors (Lipinski definition) is 4. The zero-order valence-corrected chi connectivity index (χ0v) is 73.4. The van der Waals surface area contributed by atoms with Gasteiger partial charge in [-0.15, -0.1) is 4.33 Å². The number of primary amides is 1. The molecule has 121 heavy (non-hydrogen) atoms. The van der Waals surface area contributed by atoms with Crippen LogP contribution in [0.15, 0.2) is 174 Å². The maximum atomic E-state index is 12.1. The molecule has 0 bridgehead atoms. The molecule has 0 atom stereocenters. The number of ether oxygens (including phenoxy) is 6. The van der Waals surface area contributed by atoms with Crippen molar-refractivity contribution in [1.29, 1.82) is 21.0 Å². The number of carbonyl (C=O) groups excluding carboxylic acids is 2. The Labute approximate surface area is 730 Å². The third kappa shape index (κ3) is 27.4. The summed E-state index contributed by atoms with van der Waals surface area (Å²) in [6.07, 6.45) is -1.24. The van der Waals surface area contributed by atoms with Gasteiger partial charge in [0.05, 0.1) is 106 Å². The lowest BCUT2D eigenvalue weighted by Crippen LogP contribution is -2.27. The normalized spacial score (nSPS) is 10.6. The second-order valence-electron chi connectivity index (χ2n) is 27.7. The third-order valence-electron chi connectivity index (χ3n) is 17.5. The minimum Gasteiger partial charge on any atom is -0.494 e. The van der Waals surface area contributed by atoms with Crippen molar-refractivity contribution in [2.75, 3.05) is 54.6 Å². The Morgan fingerprint density at radius 3 is 1.02 bits per heavy atom. The molecule has 6 N–H and O–H groups in total. The van der Waals surface area contributed by atoms with E-state index < -0.39 is 32.4 Å². The second-order valence-corrected chi connectivity index (χ2v) is 32.2. The van der Waals surface area contributed by atoms with Crippen LogP contribution in [0.5, 0.6) is 23.0 Å². The predicted octanol–water partition coefficient (Wildman–Crippen LogP) is 24.4. The molecule has 0 unspecified atom stereocenters. The van der Waals surface area contributed by atoms with E-state index in [4.69, 9.17) is 44.4 Å². The summed E-state index contributed by atoms with van der Waals surface area (Å²) >= 11 is 4.53. The predicted molar refractivity (Wildman–Crippen MR) is 498 cm³/mol. The number of aromatic nitrogens is 4. The van der Waals surface area contributed by atoms with Crippen molar-refractivity contribution in [3.8, 4) is 92.3 Å². The Balaban J connectivity index is 0.000000320. The summed E-state index contributed by atoms with van der Waals surface area (Å²) in [7, 11) is 1.50. The van der Waals surface area contributed by atoms with Crippen LogP contribution in [-0.2, 0) is 53.9 Å². The van der Waals surface area contributed by atoms with Gasteiger partial charge in [0.15, 0.2) is 0 Å². The van der Waals surface area contributed by atoms with E-state index in [1.165, 1.54) is 6.92 Å². The Morgan fingerprint density at radius 1 is 0.446 bits per heavy atom.